The van der Waals surface area contributed by atoms with Gasteiger partial charge in [-0.2, -0.15) is 0 Å². The lowest BCUT2D eigenvalue weighted by molar-refractivity contribution is -0.0180. The quantitative estimate of drug-likeness (QED) is 0.389. The Morgan fingerprint density at radius 3 is 1.95 bits per heavy atom. The smallest absolute Gasteiger partial charge is 0.0704 e. The highest BCUT2D eigenvalue weighted by Gasteiger charge is 2.06. The Balaban J connectivity index is 3.29. The standard InChI is InChI=1S/C18H38O4/c1-3-5-6-7-8-9-10-11-18(4-2)22-17-16-21-15-14-20-13-12-19/h18-19H,3-17H2,1-2H3. The zero-order valence-corrected chi connectivity index (χ0v) is 14.9. The lowest BCUT2D eigenvalue weighted by atomic mass is 10.1. The molecule has 0 aliphatic heterocycles. The summed E-state index contributed by atoms with van der Waals surface area (Å²) in [7, 11) is 0. The molecule has 0 amide bonds. The predicted molar refractivity (Wildman–Crippen MR) is 91.4 cm³/mol. The molecule has 0 fully saturated rings. The fraction of sp³-hybridized carbons (Fsp3) is 1.00. The summed E-state index contributed by atoms with van der Waals surface area (Å²) < 4.78 is 16.4. The lowest BCUT2D eigenvalue weighted by Gasteiger charge is -2.16. The van der Waals surface area contributed by atoms with Gasteiger partial charge in [0.05, 0.1) is 45.7 Å². The number of ether oxygens (including phenoxy) is 3. The predicted octanol–water partition coefficient (Wildman–Crippen LogP) is 3.95. The molecule has 1 unspecified atom stereocenters. The average Bonchev–Trinajstić information content (AvgIpc) is 2.54. The molecule has 0 rings (SSSR count). The van der Waals surface area contributed by atoms with Crippen LogP contribution < -0.4 is 0 Å². The fourth-order valence-electron chi connectivity index (χ4n) is 2.39. The first-order valence-corrected chi connectivity index (χ1v) is 9.23. The van der Waals surface area contributed by atoms with E-state index in [1.807, 2.05) is 0 Å². The highest BCUT2D eigenvalue weighted by atomic mass is 16.5. The monoisotopic (exact) mass is 318 g/mol. The molecule has 0 aromatic heterocycles. The van der Waals surface area contributed by atoms with Gasteiger partial charge < -0.3 is 19.3 Å². The van der Waals surface area contributed by atoms with Gasteiger partial charge in [0.1, 0.15) is 0 Å². The molecule has 4 heteroatoms. The Labute approximate surface area is 137 Å². The molecule has 1 N–H and O–H groups in total. The van der Waals surface area contributed by atoms with Crippen LogP contribution in [0, 0.1) is 0 Å². The van der Waals surface area contributed by atoms with Crippen LogP contribution in [0.3, 0.4) is 0 Å². The summed E-state index contributed by atoms with van der Waals surface area (Å²) in [5.74, 6) is 0. The molecular formula is C18H38O4. The van der Waals surface area contributed by atoms with Crippen LogP contribution in [0.4, 0.5) is 0 Å². The fourth-order valence-corrected chi connectivity index (χ4v) is 2.39. The maximum atomic E-state index is 8.55. The van der Waals surface area contributed by atoms with Crippen molar-refractivity contribution in [3.63, 3.8) is 0 Å². The minimum absolute atomic E-state index is 0.0693. The molecule has 0 heterocycles. The van der Waals surface area contributed by atoms with Crippen LogP contribution in [0.2, 0.25) is 0 Å². The zero-order valence-electron chi connectivity index (χ0n) is 14.9. The van der Waals surface area contributed by atoms with Gasteiger partial charge in [-0.1, -0.05) is 58.8 Å². The molecule has 0 aliphatic carbocycles. The first-order valence-electron chi connectivity index (χ1n) is 9.23. The molecule has 0 aliphatic rings. The summed E-state index contributed by atoms with van der Waals surface area (Å²) >= 11 is 0. The third kappa shape index (κ3) is 16.2. The number of hydrogen-bond donors (Lipinski definition) is 1. The van der Waals surface area contributed by atoms with Crippen LogP contribution >= 0.6 is 0 Å². The molecule has 0 bridgehead atoms. The normalized spacial score (nSPS) is 12.7. The minimum atomic E-state index is 0.0693. The summed E-state index contributed by atoms with van der Waals surface area (Å²) in [6, 6.07) is 0. The van der Waals surface area contributed by atoms with E-state index < -0.39 is 0 Å². The molecule has 4 nitrogen and oxygen atoms in total. The van der Waals surface area contributed by atoms with E-state index in [1.54, 1.807) is 0 Å². The van der Waals surface area contributed by atoms with Crippen molar-refractivity contribution in [2.24, 2.45) is 0 Å². The second-order valence-electron chi connectivity index (χ2n) is 5.76. The summed E-state index contributed by atoms with van der Waals surface area (Å²) in [6.45, 7) is 7.29. The topological polar surface area (TPSA) is 47.9 Å². The summed E-state index contributed by atoms with van der Waals surface area (Å²) in [4.78, 5) is 0. The van der Waals surface area contributed by atoms with Gasteiger partial charge in [-0.3, -0.25) is 0 Å². The number of aliphatic hydroxyl groups is 1. The summed E-state index contributed by atoms with van der Waals surface area (Å²) in [6.07, 6.45) is 12.1. The van der Waals surface area contributed by atoms with Crippen molar-refractivity contribution in [2.45, 2.75) is 77.7 Å². The van der Waals surface area contributed by atoms with Gasteiger partial charge in [0.25, 0.3) is 0 Å². The van der Waals surface area contributed by atoms with Gasteiger partial charge in [0.15, 0.2) is 0 Å². The molecule has 22 heavy (non-hydrogen) atoms. The van der Waals surface area contributed by atoms with Crippen LogP contribution in [-0.4, -0.2) is 50.9 Å². The molecule has 0 aromatic rings. The highest BCUT2D eigenvalue weighted by Crippen LogP contribution is 2.12. The van der Waals surface area contributed by atoms with Gasteiger partial charge in [0.2, 0.25) is 0 Å². The van der Waals surface area contributed by atoms with Crippen molar-refractivity contribution in [2.75, 3.05) is 39.6 Å². The number of unbranched alkanes of at least 4 members (excludes halogenated alkanes) is 6. The molecule has 134 valence electrons. The molecule has 0 aromatic carbocycles. The van der Waals surface area contributed by atoms with E-state index in [0.717, 1.165) is 6.42 Å². The van der Waals surface area contributed by atoms with E-state index in [9.17, 15) is 0 Å². The van der Waals surface area contributed by atoms with Crippen molar-refractivity contribution in [1.29, 1.82) is 0 Å². The molecular weight excluding hydrogens is 280 g/mol. The largest absolute Gasteiger partial charge is 0.394 e. The minimum Gasteiger partial charge on any atom is -0.394 e. The third-order valence-corrected chi connectivity index (χ3v) is 3.77. The van der Waals surface area contributed by atoms with E-state index in [-0.39, 0.29) is 6.61 Å². The SMILES string of the molecule is CCCCCCCCCC(CC)OCCOCCOCCO. The van der Waals surface area contributed by atoms with Crippen LogP contribution in [0.1, 0.15) is 71.6 Å². The Morgan fingerprint density at radius 1 is 0.727 bits per heavy atom. The van der Waals surface area contributed by atoms with Gasteiger partial charge in [-0.15, -0.1) is 0 Å². The molecule has 0 spiro atoms. The Kier molecular flexibility index (Phi) is 18.8. The van der Waals surface area contributed by atoms with Crippen LogP contribution in [-0.2, 0) is 14.2 Å². The van der Waals surface area contributed by atoms with Crippen LogP contribution in [0.25, 0.3) is 0 Å². The molecule has 1 atom stereocenters. The van der Waals surface area contributed by atoms with E-state index in [4.69, 9.17) is 19.3 Å². The van der Waals surface area contributed by atoms with Crippen molar-refractivity contribution >= 4 is 0 Å². The Bertz CT molecular complexity index is 200. The number of aliphatic hydroxyl groups excluding tert-OH is 1. The molecule has 0 saturated heterocycles. The van der Waals surface area contributed by atoms with Gasteiger partial charge >= 0.3 is 0 Å². The van der Waals surface area contributed by atoms with Crippen molar-refractivity contribution < 1.29 is 19.3 Å². The van der Waals surface area contributed by atoms with Gasteiger partial charge in [-0.25, -0.2) is 0 Å². The maximum absolute atomic E-state index is 8.55. The zero-order chi connectivity index (χ0) is 16.3. The van der Waals surface area contributed by atoms with E-state index in [0.29, 0.717) is 39.1 Å². The number of rotatable bonds is 18. The van der Waals surface area contributed by atoms with E-state index in [1.165, 1.54) is 51.4 Å². The summed E-state index contributed by atoms with van der Waals surface area (Å²) in [5.41, 5.74) is 0. The Hall–Kier alpha value is -0.160. The summed E-state index contributed by atoms with van der Waals surface area (Å²) in [5, 5.41) is 8.55. The van der Waals surface area contributed by atoms with Gasteiger partial charge in [0, 0.05) is 0 Å². The highest BCUT2D eigenvalue weighted by molar-refractivity contribution is 4.56. The molecule has 0 saturated carbocycles. The van der Waals surface area contributed by atoms with Crippen molar-refractivity contribution in [1.82, 2.24) is 0 Å². The van der Waals surface area contributed by atoms with E-state index >= 15 is 0 Å². The van der Waals surface area contributed by atoms with Crippen molar-refractivity contribution in [3.05, 3.63) is 0 Å². The molecule has 0 radical (unpaired) electrons. The third-order valence-electron chi connectivity index (χ3n) is 3.77. The maximum Gasteiger partial charge on any atom is 0.0704 e. The van der Waals surface area contributed by atoms with Crippen LogP contribution in [0.5, 0.6) is 0 Å². The first kappa shape index (κ1) is 21.8. The number of hydrogen-bond acceptors (Lipinski definition) is 4. The second kappa shape index (κ2) is 18.9. The lowest BCUT2D eigenvalue weighted by Crippen LogP contribution is -2.17. The second-order valence-corrected chi connectivity index (χ2v) is 5.76. The Morgan fingerprint density at radius 2 is 1.32 bits per heavy atom. The average molecular weight is 318 g/mol. The van der Waals surface area contributed by atoms with Crippen LogP contribution in [0.15, 0.2) is 0 Å². The van der Waals surface area contributed by atoms with Gasteiger partial charge in [-0.05, 0) is 12.8 Å². The van der Waals surface area contributed by atoms with Crippen molar-refractivity contribution in [3.8, 4) is 0 Å². The first-order chi connectivity index (χ1) is 10.8. The van der Waals surface area contributed by atoms with E-state index in [2.05, 4.69) is 13.8 Å².